The van der Waals surface area contributed by atoms with E-state index in [0.717, 1.165) is 6.42 Å². The Balaban J connectivity index is 1.58. The summed E-state index contributed by atoms with van der Waals surface area (Å²) in [6.07, 6.45) is 2.07. The maximum atomic E-state index is 12.1. The van der Waals surface area contributed by atoms with Crippen LogP contribution in [0.2, 0.25) is 0 Å². The Morgan fingerprint density at radius 1 is 1.33 bits per heavy atom. The first-order valence-corrected chi connectivity index (χ1v) is 6.50. The van der Waals surface area contributed by atoms with E-state index < -0.39 is 0 Å². The summed E-state index contributed by atoms with van der Waals surface area (Å²) in [6, 6.07) is 4.91. The molecule has 3 heterocycles. The van der Waals surface area contributed by atoms with Gasteiger partial charge in [0.25, 0.3) is 5.91 Å². The Kier molecular flexibility index (Phi) is 3.67. The molecule has 8 nitrogen and oxygen atoms in total. The third kappa shape index (κ3) is 2.93. The van der Waals surface area contributed by atoms with Crippen LogP contribution in [0.4, 0.5) is 0 Å². The number of likely N-dealkylation sites (tertiary alicyclic amines) is 1. The van der Waals surface area contributed by atoms with Crippen LogP contribution >= 0.6 is 0 Å². The zero-order valence-corrected chi connectivity index (χ0v) is 11.4. The van der Waals surface area contributed by atoms with Crippen LogP contribution in [0.25, 0.3) is 0 Å². The smallest absolute Gasteiger partial charge is 0.292 e. The predicted molar refractivity (Wildman–Crippen MR) is 70.0 cm³/mol. The highest BCUT2D eigenvalue weighted by atomic mass is 16.5. The van der Waals surface area contributed by atoms with Crippen LogP contribution in [-0.4, -0.2) is 52.5 Å². The van der Waals surface area contributed by atoms with E-state index in [2.05, 4.69) is 15.4 Å². The molecule has 2 aromatic rings. The van der Waals surface area contributed by atoms with Gasteiger partial charge in [-0.25, -0.2) is 0 Å². The van der Waals surface area contributed by atoms with Crippen LogP contribution in [0.1, 0.15) is 17.0 Å². The number of nitrogens with zero attached hydrogens (tertiary/aromatic N) is 4. The molecule has 0 spiro atoms. The van der Waals surface area contributed by atoms with E-state index in [1.807, 2.05) is 0 Å². The average molecular weight is 290 g/mol. The van der Waals surface area contributed by atoms with Gasteiger partial charge in [-0.1, -0.05) is 5.16 Å². The van der Waals surface area contributed by atoms with Gasteiger partial charge in [0.15, 0.2) is 0 Å². The van der Waals surface area contributed by atoms with E-state index in [1.54, 1.807) is 23.1 Å². The molecule has 1 atom stereocenters. The quantitative estimate of drug-likeness (QED) is 0.821. The van der Waals surface area contributed by atoms with E-state index in [9.17, 15) is 4.79 Å². The second kappa shape index (κ2) is 5.78. The fraction of sp³-hybridized carbons (Fsp3) is 0.385. The maximum Gasteiger partial charge on any atom is 0.292 e. The van der Waals surface area contributed by atoms with Gasteiger partial charge in [-0.15, -0.1) is 10.2 Å². The molecule has 1 fully saturated rings. The Morgan fingerprint density at radius 2 is 2.14 bits per heavy atom. The lowest BCUT2D eigenvalue weighted by atomic mass is 10.3. The Morgan fingerprint density at radius 3 is 2.81 bits per heavy atom. The fourth-order valence-electron chi connectivity index (χ4n) is 2.14. The normalized spacial score (nSPS) is 17.8. The minimum Gasteiger partial charge on any atom is -0.480 e. The number of aromatic nitrogens is 3. The Hall–Kier alpha value is -2.64. The molecular weight excluding hydrogens is 276 g/mol. The molecule has 0 bridgehead atoms. The van der Waals surface area contributed by atoms with Crippen LogP contribution in [0.3, 0.4) is 0 Å². The molecule has 21 heavy (non-hydrogen) atoms. The Bertz CT molecular complexity index is 599. The summed E-state index contributed by atoms with van der Waals surface area (Å²) in [6.45, 7) is 1.08. The van der Waals surface area contributed by atoms with Gasteiger partial charge in [-0.2, -0.15) is 0 Å². The van der Waals surface area contributed by atoms with Gasteiger partial charge in [-0.05, 0) is 0 Å². The first-order chi connectivity index (χ1) is 10.3. The van der Waals surface area contributed by atoms with Crippen molar-refractivity contribution in [3.63, 3.8) is 0 Å². The predicted octanol–water partition coefficient (Wildman–Crippen LogP) is 0.767. The van der Waals surface area contributed by atoms with Crippen molar-refractivity contribution >= 4 is 5.91 Å². The summed E-state index contributed by atoms with van der Waals surface area (Å²) in [5.41, 5.74) is 0. The minimum absolute atomic E-state index is 0.112. The molecule has 0 radical (unpaired) electrons. The highest BCUT2D eigenvalue weighted by Gasteiger charge is 2.30. The lowest BCUT2D eigenvalue weighted by Crippen LogP contribution is -2.30. The molecule has 3 rings (SSSR count). The standard InChI is InChI=1S/C13H14N4O4/c1-19-11-2-3-12(16-15-11)20-9-5-7-17(8-9)13(18)10-4-6-14-21-10/h2-4,6,9H,5,7-8H2,1H3. The second-order valence-corrected chi connectivity index (χ2v) is 4.57. The van der Waals surface area contributed by atoms with Crippen LogP contribution in [0.15, 0.2) is 28.9 Å². The molecule has 0 saturated carbocycles. The van der Waals surface area contributed by atoms with Crippen LogP contribution < -0.4 is 9.47 Å². The number of amides is 1. The lowest BCUT2D eigenvalue weighted by Gasteiger charge is -2.15. The summed E-state index contributed by atoms with van der Waals surface area (Å²) in [5.74, 6) is 0.893. The van der Waals surface area contributed by atoms with Crippen molar-refractivity contribution in [2.45, 2.75) is 12.5 Å². The van der Waals surface area contributed by atoms with E-state index in [1.165, 1.54) is 13.3 Å². The highest BCUT2D eigenvalue weighted by Crippen LogP contribution is 2.19. The number of carbonyl (C=O) groups excluding carboxylic acids is 1. The molecule has 8 heteroatoms. The van der Waals surface area contributed by atoms with Gasteiger partial charge in [0.2, 0.25) is 17.5 Å². The largest absolute Gasteiger partial charge is 0.480 e. The first-order valence-electron chi connectivity index (χ1n) is 6.50. The summed E-state index contributed by atoms with van der Waals surface area (Å²) in [4.78, 5) is 13.8. The molecule has 0 N–H and O–H groups in total. The van der Waals surface area contributed by atoms with Crippen molar-refractivity contribution in [1.82, 2.24) is 20.3 Å². The van der Waals surface area contributed by atoms with Gasteiger partial charge >= 0.3 is 0 Å². The zero-order valence-electron chi connectivity index (χ0n) is 11.4. The van der Waals surface area contributed by atoms with Crippen molar-refractivity contribution < 1.29 is 18.8 Å². The third-order valence-corrected chi connectivity index (χ3v) is 3.19. The van der Waals surface area contributed by atoms with E-state index in [4.69, 9.17) is 14.0 Å². The number of rotatable bonds is 4. The number of carbonyl (C=O) groups is 1. The fourth-order valence-corrected chi connectivity index (χ4v) is 2.14. The summed E-state index contributed by atoms with van der Waals surface area (Å²) < 4.78 is 15.5. The zero-order chi connectivity index (χ0) is 14.7. The van der Waals surface area contributed by atoms with Crippen molar-refractivity contribution in [3.8, 4) is 11.8 Å². The molecule has 0 aliphatic carbocycles. The molecule has 2 aromatic heterocycles. The van der Waals surface area contributed by atoms with E-state index in [-0.39, 0.29) is 17.8 Å². The maximum absolute atomic E-state index is 12.1. The first kappa shape index (κ1) is 13.3. The molecular formula is C13H14N4O4. The van der Waals surface area contributed by atoms with Gasteiger partial charge in [0.05, 0.1) is 19.9 Å². The monoisotopic (exact) mass is 290 g/mol. The SMILES string of the molecule is COc1ccc(OC2CCN(C(=O)c3ccno3)C2)nn1. The summed E-state index contributed by atoms with van der Waals surface area (Å²) >= 11 is 0. The molecule has 0 aromatic carbocycles. The average Bonchev–Trinajstić information content (AvgIpc) is 3.19. The van der Waals surface area contributed by atoms with Crippen LogP contribution in [0.5, 0.6) is 11.8 Å². The third-order valence-electron chi connectivity index (χ3n) is 3.19. The van der Waals surface area contributed by atoms with Gasteiger partial charge in [0, 0.05) is 31.2 Å². The molecule has 1 amide bonds. The van der Waals surface area contributed by atoms with Gasteiger partial charge in [-0.3, -0.25) is 4.79 Å². The summed E-state index contributed by atoms with van der Waals surface area (Å²) in [7, 11) is 1.52. The van der Waals surface area contributed by atoms with Gasteiger partial charge in [0.1, 0.15) is 6.10 Å². The van der Waals surface area contributed by atoms with Crippen LogP contribution in [-0.2, 0) is 0 Å². The molecule has 1 aliphatic rings. The lowest BCUT2D eigenvalue weighted by molar-refractivity contribution is 0.0730. The van der Waals surface area contributed by atoms with E-state index >= 15 is 0 Å². The van der Waals surface area contributed by atoms with Crippen molar-refractivity contribution in [2.75, 3.05) is 20.2 Å². The number of ether oxygens (including phenoxy) is 2. The highest BCUT2D eigenvalue weighted by molar-refractivity contribution is 5.91. The van der Waals surface area contributed by atoms with Crippen molar-refractivity contribution in [2.24, 2.45) is 0 Å². The van der Waals surface area contributed by atoms with Crippen molar-refractivity contribution in [3.05, 3.63) is 30.2 Å². The molecule has 1 unspecified atom stereocenters. The molecule has 1 saturated heterocycles. The van der Waals surface area contributed by atoms with E-state index in [0.29, 0.717) is 24.8 Å². The number of hydrogen-bond donors (Lipinski definition) is 0. The minimum atomic E-state index is -0.181. The number of methoxy groups -OCH3 is 1. The topological polar surface area (TPSA) is 90.6 Å². The summed E-state index contributed by atoms with van der Waals surface area (Å²) in [5, 5.41) is 11.3. The van der Waals surface area contributed by atoms with Gasteiger partial charge < -0.3 is 18.9 Å². The Labute approximate surface area is 120 Å². The molecule has 1 aliphatic heterocycles. The molecule has 110 valence electrons. The van der Waals surface area contributed by atoms with Crippen molar-refractivity contribution in [1.29, 1.82) is 0 Å². The number of hydrogen-bond acceptors (Lipinski definition) is 7. The second-order valence-electron chi connectivity index (χ2n) is 4.57. The van der Waals surface area contributed by atoms with Crippen LogP contribution in [0, 0.1) is 0 Å².